The predicted molar refractivity (Wildman–Crippen MR) is 121 cm³/mol. The first-order valence-corrected chi connectivity index (χ1v) is 11.0. The van der Waals surface area contributed by atoms with E-state index in [0.717, 1.165) is 59.0 Å². The molecule has 30 heavy (non-hydrogen) atoms. The molecule has 1 fully saturated rings. The highest BCUT2D eigenvalue weighted by molar-refractivity contribution is 7.15. The van der Waals surface area contributed by atoms with Crippen molar-refractivity contribution in [2.45, 2.75) is 39.7 Å². The number of nitrogens with zero attached hydrogens (tertiary/aromatic N) is 5. The molecule has 8 heteroatoms. The third-order valence-corrected chi connectivity index (χ3v) is 6.81. The summed E-state index contributed by atoms with van der Waals surface area (Å²) in [5.41, 5.74) is 4.82. The molecule has 7 nitrogen and oxygen atoms in total. The van der Waals surface area contributed by atoms with Crippen molar-refractivity contribution < 1.29 is 4.79 Å². The summed E-state index contributed by atoms with van der Waals surface area (Å²) in [6.07, 6.45) is 5.68. The van der Waals surface area contributed by atoms with E-state index < -0.39 is 0 Å². The third-order valence-electron chi connectivity index (χ3n) is 5.82. The van der Waals surface area contributed by atoms with E-state index in [9.17, 15) is 4.79 Å². The fraction of sp³-hybridized carbons (Fsp3) is 0.364. The summed E-state index contributed by atoms with van der Waals surface area (Å²) in [5, 5.41) is 3.64. The first kappa shape index (κ1) is 19.0. The minimum absolute atomic E-state index is 0.104. The number of anilines is 3. The summed E-state index contributed by atoms with van der Waals surface area (Å²) in [5.74, 6) is 0.715. The molecule has 0 aromatic carbocycles. The number of amides is 2. The summed E-state index contributed by atoms with van der Waals surface area (Å²) >= 11 is 1.50. The second-order valence-corrected chi connectivity index (χ2v) is 9.20. The van der Waals surface area contributed by atoms with Crippen LogP contribution in [0.1, 0.15) is 29.0 Å². The molecule has 0 aliphatic carbocycles. The number of thiazole rings is 1. The van der Waals surface area contributed by atoms with E-state index in [4.69, 9.17) is 4.98 Å². The van der Waals surface area contributed by atoms with Crippen molar-refractivity contribution in [2.24, 2.45) is 0 Å². The molecule has 2 aliphatic heterocycles. The zero-order valence-electron chi connectivity index (χ0n) is 17.3. The lowest BCUT2D eigenvalue weighted by Crippen LogP contribution is -2.56. The van der Waals surface area contributed by atoms with Gasteiger partial charge < -0.3 is 4.90 Å². The monoisotopic (exact) mass is 420 g/mol. The normalized spacial score (nSPS) is 17.6. The van der Waals surface area contributed by atoms with Crippen LogP contribution in [0.3, 0.4) is 0 Å². The molecule has 3 aromatic rings. The Bertz CT molecular complexity index is 1110. The number of hydrogen-bond donors (Lipinski definition) is 1. The van der Waals surface area contributed by atoms with E-state index >= 15 is 0 Å². The maximum atomic E-state index is 13.4. The number of aryl methyl sites for hydroxylation is 3. The van der Waals surface area contributed by atoms with E-state index in [0.29, 0.717) is 10.9 Å². The van der Waals surface area contributed by atoms with Crippen molar-refractivity contribution in [1.82, 2.24) is 15.0 Å². The number of carbonyl (C=O) groups is 1. The van der Waals surface area contributed by atoms with Crippen molar-refractivity contribution >= 4 is 34.0 Å². The molecule has 1 atom stereocenters. The fourth-order valence-corrected chi connectivity index (χ4v) is 5.02. The number of nitrogens with one attached hydrogen (secondary N) is 1. The zero-order chi connectivity index (χ0) is 20.8. The summed E-state index contributed by atoms with van der Waals surface area (Å²) in [7, 11) is 0. The number of rotatable bonds is 2. The zero-order valence-corrected chi connectivity index (χ0v) is 18.2. The Morgan fingerprint density at radius 3 is 2.83 bits per heavy atom. The van der Waals surface area contributed by atoms with Gasteiger partial charge in [0.25, 0.3) is 0 Å². The minimum Gasteiger partial charge on any atom is -0.366 e. The van der Waals surface area contributed by atoms with E-state index in [2.05, 4.69) is 32.3 Å². The van der Waals surface area contributed by atoms with Gasteiger partial charge in [-0.3, -0.25) is 15.2 Å². The Morgan fingerprint density at radius 2 is 2.07 bits per heavy atom. The summed E-state index contributed by atoms with van der Waals surface area (Å²) in [6, 6.07) is 6.11. The molecule has 5 rings (SSSR count). The van der Waals surface area contributed by atoms with Crippen LogP contribution in [0.15, 0.2) is 30.6 Å². The van der Waals surface area contributed by atoms with Gasteiger partial charge in [0, 0.05) is 35.9 Å². The first-order valence-electron chi connectivity index (χ1n) is 10.2. The standard InChI is InChI=1S/C22H24N6OS/c1-13-9-16(11-23-10-13)18-6-7-19-20(25-18)28(17-5-4-8-27(19)12-17)22(29)26-21-24-14(2)15(3)30-21/h6-7,9-11,17H,4-5,8,12H2,1-3H3,(H,24,26,29)/t17-/m0/s1. The molecule has 0 unspecified atom stereocenters. The van der Waals surface area contributed by atoms with Gasteiger partial charge in [-0.25, -0.2) is 14.8 Å². The summed E-state index contributed by atoms with van der Waals surface area (Å²) in [4.78, 5) is 32.4. The van der Waals surface area contributed by atoms with Crippen LogP contribution in [0, 0.1) is 20.8 Å². The van der Waals surface area contributed by atoms with Crippen LogP contribution in [-0.4, -0.2) is 40.1 Å². The largest absolute Gasteiger partial charge is 0.366 e. The molecule has 0 spiro atoms. The lowest BCUT2D eigenvalue weighted by Gasteiger charge is -2.45. The Morgan fingerprint density at radius 1 is 1.20 bits per heavy atom. The van der Waals surface area contributed by atoms with E-state index in [1.165, 1.54) is 11.3 Å². The second kappa shape index (κ2) is 7.36. The number of carbonyl (C=O) groups excluding carboxylic acids is 1. The molecule has 0 saturated carbocycles. The van der Waals surface area contributed by atoms with Crippen LogP contribution in [0.4, 0.5) is 21.4 Å². The van der Waals surface area contributed by atoms with Gasteiger partial charge in [0.15, 0.2) is 10.9 Å². The van der Waals surface area contributed by atoms with Crippen LogP contribution >= 0.6 is 11.3 Å². The van der Waals surface area contributed by atoms with Gasteiger partial charge in [0.2, 0.25) is 0 Å². The van der Waals surface area contributed by atoms with Gasteiger partial charge >= 0.3 is 6.03 Å². The molecule has 3 aromatic heterocycles. The minimum atomic E-state index is -0.163. The summed E-state index contributed by atoms with van der Waals surface area (Å²) in [6.45, 7) is 7.82. The Kier molecular flexibility index (Phi) is 4.66. The molecule has 2 aliphatic rings. The van der Waals surface area contributed by atoms with E-state index in [-0.39, 0.29) is 12.1 Å². The van der Waals surface area contributed by atoms with Gasteiger partial charge in [-0.2, -0.15) is 0 Å². The number of piperidine rings is 1. The summed E-state index contributed by atoms with van der Waals surface area (Å²) < 4.78 is 0. The number of urea groups is 1. The molecule has 2 amide bonds. The lowest BCUT2D eigenvalue weighted by molar-refractivity contribution is 0.252. The highest BCUT2D eigenvalue weighted by Gasteiger charge is 2.38. The number of pyridine rings is 2. The predicted octanol–water partition coefficient (Wildman–Crippen LogP) is 4.55. The SMILES string of the molecule is Cc1cncc(-c2ccc3c(n2)N(C(=O)Nc2nc(C)c(C)s2)[C@H]2CCCN3C2)c1. The lowest BCUT2D eigenvalue weighted by atomic mass is 9.99. The molecule has 1 saturated heterocycles. The average molecular weight is 421 g/mol. The topological polar surface area (TPSA) is 74.2 Å². The molecule has 2 bridgehead atoms. The van der Waals surface area contributed by atoms with Gasteiger partial charge in [-0.15, -0.1) is 11.3 Å². The van der Waals surface area contributed by atoms with Gasteiger partial charge in [0.1, 0.15) is 0 Å². The highest BCUT2D eigenvalue weighted by atomic mass is 32.1. The van der Waals surface area contributed by atoms with Gasteiger partial charge in [-0.05, 0) is 57.4 Å². The second-order valence-electron chi connectivity index (χ2n) is 7.99. The fourth-order valence-electron chi connectivity index (χ4n) is 4.22. The Hall–Kier alpha value is -3.00. The molecule has 154 valence electrons. The van der Waals surface area contributed by atoms with Gasteiger partial charge in [-0.1, -0.05) is 0 Å². The van der Waals surface area contributed by atoms with E-state index in [1.54, 1.807) is 0 Å². The smallest absolute Gasteiger partial charge is 0.329 e. The van der Waals surface area contributed by atoms with E-state index in [1.807, 2.05) is 44.1 Å². The molecule has 0 radical (unpaired) electrons. The maximum Gasteiger partial charge on any atom is 0.329 e. The Balaban J connectivity index is 1.55. The highest BCUT2D eigenvalue weighted by Crippen LogP contribution is 2.39. The van der Waals surface area contributed by atoms with Crippen LogP contribution in [-0.2, 0) is 0 Å². The Labute approximate surface area is 179 Å². The molecular weight excluding hydrogens is 396 g/mol. The number of aromatic nitrogens is 3. The molecule has 1 N–H and O–H groups in total. The van der Waals surface area contributed by atoms with Gasteiger partial charge in [0.05, 0.1) is 23.1 Å². The van der Waals surface area contributed by atoms with Crippen molar-refractivity contribution in [3.63, 3.8) is 0 Å². The van der Waals surface area contributed by atoms with Crippen molar-refractivity contribution in [3.8, 4) is 11.3 Å². The quantitative estimate of drug-likeness (QED) is 0.658. The van der Waals surface area contributed by atoms with Crippen LogP contribution in [0.2, 0.25) is 0 Å². The molecular formula is C22H24N6OS. The van der Waals surface area contributed by atoms with Crippen LogP contribution < -0.4 is 15.1 Å². The first-order chi connectivity index (χ1) is 14.5. The van der Waals surface area contributed by atoms with Crippen molar-refractivity contribution in [3.05, 3.63) is 46.7 Å². The number of hydrogen-bond acceptors (Lipinski definition) is 6. The molecule has 5 heterocycles. The maximum absolute atomic E-state index is 13.4. The average Bonchev–Trinajstić information content (AvgIpc) is 3.04. The van der Waals surface area contributed by atoms with Crippen LogP contribution in [0.5, 0.6) is 0 Å². The van der Waals surface area contributed by atoms with Crippen molar-refractivity contribution in [2.75, 3.05) is 28.2 Å². The number of fused-ring (bicyclic) bond motifs is 4. The van der Waals surface area contributed by atoms with Crippen molar-refractivity contribution in [1.29, 1.82) is 0 Å². The third kappa shape index (κ3) is 3.31. The van der Waals surface area contributed by atoms with Crippen LogP contribution in [0.25, 0.3) is 11.3 Å².